The molecule has 2 rings (SSSR count). The van der Waals surface area contributed by atoms with Gasteiger partial charge in [-0.05, 0) is 25.8 Å². The van der Waals surface area contributed by atoms with E-state index in [2.05, 4.69) is 9.97 Å². The summed E-state index contributed by atoms with van der Waals surface area (Å²) in [5.41, 5.74) is 1.70. The topological polar surface area (TPSA) is 45.8 Å². The predicted molar refractivity (Wildman–Crippen MR) is 50.8 cm³/mol. The van der Waals surface area contributed by atoms with Gasteiger partial charge in [-0.25, -0.2) is 4.79 Å². The molecule has 0 saturated heterocycles. The van der Waals surface area contributed by atoms with Crippen LogP contribution < -0.4 is 5.69 Å². The third kappa shape index (κ3) is 1.79. The van der Waals surface area contributed by atoms with Crippen LogP contribution in [-0.2, 0) is 0 Å². The summed E-state index contributed by atoms with van der Waals surface area (Å²) in [5, 5.41) is 0. The highest BCUT2D eigenvalue weighted by molar-refractivity contribution is 5.12. The molecule has 1 aromatic rings. The lowest BCUT2D eigenvalue weighted by Crippen LogP contribution is -2.15. The maximum Gasteiger partial charge on any atom is 0.345 e. The molecule has 0 amide bonds. The minimum atomic E-state index is -0.207. The van der Waals surface area contributed by atoms with Crippen LogP contribution in [0.15, 0.2) is 10.9 Å². The third-order valence-electron chi connectivity index (χ3n) is 2.67. The fourth-order valence-corrected chi connectivity index (χ4v) is 2.03. The molecule has 0 aromatic carbocycles. The first-order valence-electron chi connectivity index (χ1n) is 4.83. The van der Waals surface area contributed by atoms with Gasteiger partial charge in [0.05, 0.1) is 5.69 Å². The molecule has 3 nitrogen and oxygen atoms in total. The average molecular weight is 178 g/mol. The second-order valence-electron chi connectivity index (χ2n) is 3.78. The van der Waals surface area contributed by atoms with Crippen molar-refractivity contribution in [3.8, 4) is 0 Å². The highest BCUT2D eigenvalue weighted by Crippen LogP contribution is 2.32. The van der Waals surface area contributed by atoms with Crippen molar-refractivity contribution in [1.82, 2.24) is 9.97 Å². The summed E-state index contributed by atoms with van der Waals surface area (Å²) >= 11 is 0. The van der Waals surface area contributed by atoms with E-state index in [9.17, 15) is 4.79 Å². The van der Waals surface area contributed by atoms with Gasteiger partial charge in [-0.1, -0.05) is 12.8 Å². The van der Waals surface area contributed by atoms with E-state index in [0.29, 0.717) is 5.92 Å². The molecule has 1 aliphatic carbocycles. The molecular weight excluding hydrogens is 164 g/mol. The summed E-state index contributed by atoms with van der Waals surface area (Å²) in [6.07, 6.45) is 4.93. The van der Waals surface area contributed by atoms with Crippen LogP contribution in [0.25, 0.3) is 0 Å². The second kappa shape index (κ2) is 3.32. The Hall–Kier alpha value is -1.12. The lowest BCUT2D eigenvalue weighted by Gasteiger charge is -2.07. The summed E-state index contributed by atoms with van der Waals surface area (Å²) in [7, 11) is 0. The summed E-state index contributed by atoms with van der Waals surface area (Å²) < 4.78 is 0. The quantitative estimate of drug-likeness (QED) is 0.712. The Kier molecular flexibility index (Phi) is 2.17. The van der Waals surface area contributed by atoms with Gasteiger partial charge in [-0.3, -0.25) is 0 Å². The van der Waals surface area contributed by atoms with Gasteiger partial charge in [0.25, 0.3) is 0 Å². The monoisotopic (exact) mass is 178 g/mol. The van der Waals surface area contributed by atoms with Gasteiger partial charge in [-0.15, -0.1) is 0 Å². The SMILES string of the molecule is Cc1cc(C2CCCC2)nc(=O)[nH]1. The molecule has 3 heteroatoms. The van der Waals surface area contributed by atoms with Gasteiger partial charge in [0.2, 0.25) is 0 Å². The van der Waals surface area contributed by atoms with Gasteiger partial charge in [0.1, 0.15) is 0 Å². The van der Waals surface area contributed by atoms with Crippen LogP contribution >= 0.6 is 0 Å². The molecule has 1 aromatic heterocycles. The molecule has 0 aliphatic heterocycles. The fourth-order valence-electron chi connectivity index (χ4n) is 2.03. The summed E-state index contributed by atoms with van der Waals surface area (Å²) in [6, 6.07) is 2.00. The van der Waals surface area contributed by atoms with Crippen molar-refractivity contribution in [2.75, 3.05) is 0 Å². The van der Waals surface area contributed by atoms with Crippen molar-refractivity contribution < 1.29 is 0 Å². The first-order valence-corrected chi connectivity index (χ1v) is 4.83. The summed E-state index contributed by atoms with van der Waals surface area (Å²) in [5.74, 6) is 0.529. The summed E-state index contributed by atoms with van der Waals surface area (Å²) in [4.78, 5) is 17.8. The van der Waals surface area contributed by atoms with Crippen molar-refractivity contribution in [3.63, 3.8) is 0 Å². The van der Waals surface area contributed by atoms with E-state index in [1.807, 2.05) is 13.0 Å². The summed E-state index contributed by atoms with van der Waals surface area (Å²) in [6.45, 7) is 1.90. The number of nitrogens with zero attached hydrogens (tertiary/aromatic N) is 1. The first-order chi connectivity index (χ1) is 6.25. The Morgan fingerprint density at radius 1 is 1.46 bits per heavy atom. The van der Waals surface area contributed by atoms with Crippen molar-refractivity contribution in [2.24, 2.45) is 0 Å². The molecule has 1 saturated carbocycles. The third-order valence-corrected chi connectivity index (χ3v) is 2.67. The van der Waals surface area contributed by atoms with E-state index in [0.717, 1.165) is 11.4 Å². The zero-order valence-corrected chi connectivity index (χ0v) is 7.84. The molecule has 0 spiro atoms. The maximum atomic E-state index is 11.1. The number of aromatic nitrogens is 2. The van der Waals surface area contributed by atoms with E-state index in [1.165, 1.54) is 25.7 Å². The number of aromatic amines is 1. The molecule has 1 N–H and O–H groups in total. The first kappa shape index (κ1) is 8.48. The molecule has 0 bridgehead atoms. The van der Waals surface area contributed by atoms with Crippen molar-refractivity contribution in [3.05, 3.63) is 27.9 Å². The van der Waals surface area contributed by atoms with Crippen LogP contribution in [-0.4, -0.2) is 9.97 Å². The van der Waals surface area contributed by atoms with Crippen molar-refractivity contribution >= 4 is 0 Å². The van der Waals surface area contributed by atoms with Gasteiger partial charge >= 0.3 is 5.69 Å². The molecule has 1 aliphatic rings. The molecule has 13 heavy (non-hydrogen) atoms. The minimum absolute atomic E-state index is 0.207. The minimum Gasteiger partial charge on any atom is -0.310 e. The van der Waals surface area contributed by atoms with E-state index < -0.39 is 0 Å². The number of rotatable bonds is 1. The van der Waals surface area contributed by atoms with Crippen LogP contribution in [0.2, 0.25) is 0 Å². The zero-order chi connectivity index (χ0) is 9.26. The number of hydrogen-bond donors (Lipinski definition) is 1. The van der Waals surface area contributed by atoms with Crippen molar-refractivity contribution in [2.45, 2.75) is 38.5 Å². The largest absolute Gasteiger partial charge is 0.345 e. The van der Waals surface area contributed by atoms with E-state index in [1.54, 1.807) is 0 Å². The maximum absolute atomic E-state index is 11.1. The number of H-pyrrole nitrogens is 1. The molecule has 0 radical (unpaired) electrons. The molecule has 1 fully saturated rings. The van der Waals surface area contributed by atoms with Gasteiger partial charge in [0.15, 0.2) is 0 Å². The number of hydrogen-bond acceptors (Lipinski definition) is 2. The zero-order valence-electron chi connectivity index (χ0n) is 7.84. The van der Waals surface area contributed by atoms with Gasteiger partial charge < -0.3 is 4.98 Å². The van der Waals surface area contributed by atoms with Crippen molar-refractivity contribution in [1.29, 1.82) is 0 Å². The highest BCUT2D eigenvalue weighted by Gasteiger charge is 2.18. The Bertz CT molecular complexity index is 350. The fraction of sp³-hybridized carbons (Fsp3) is 0.600. The highest BCUT2D eigenvalue weighted by atomic mass is 16.1. The lowest BCUT2D eigenvalue weighted by atomic mass is 10.0. The average Bonchev–Trinajstić information content (AvgIpc) is 2.53. The van der Waals surface area contributed by atoms with E-state index in [4.69, 9.17) is 0 Å². The Labute approximate surface area is 77.2 Å². The molecule has 0 atom stereocenters. The molecule has 70 valence electrons. The van der Waals surface area contributed by atoms with Crippen LogP contribution in [0.5, 0.6) is 0 Å². The van der Waals surface area contributed by atoms with Crippen LogP contribution in [0, 0.1) is 6.92 Å². The molecular formula is C10H14N2O. The predicted octanol–water partition coefficient (Wildman–Crippen LogP) is 1.74. The Morgan fingerprint density at radius 2 is 2.15 bits per heavy atom. The standard InChI is InChI=1S/C10H14N2O/c1-7-6-9(12-10(13)11-7)8-4-2-3-5-8/h6,8H,2-5H2,1H3,(H,11,12,13). The normalized spacial score (nSPS) is 17.9. The van der Waals surface area contributed by atoms with Crippen LogP contribution in [0.3, 0.4) is 0 Å². The van der Waals surface area contributed by atoms with Crippen LogP contribution in [0.4, 0.5) is 0 Å². The smallest absolute Gasteiger partial charge is 0.310 e. The van der Waals surface area contributed by atoms with Gasteiger partial charge in [-0.2, -0.15) is 4.98 Å². The Balaban J connectivity index is 2.33. The second-order valence-corrected chi connectivity index (χ2v) is 3.78. The Morgan fingerprint density at radius 3 is 2.77 bits per heavy atom. The van der Waals surface area contributed by atoms with E-state index >= 15 is 0 Å². The molecule has 1 heterocycles. The molecule has 0 unspecified atom stereocenters. The number of aryl methyl sites for hydroxylation is 1. The van der Waals surface area contributed by atoms with Crippen LogP contribution in [0.1, 0.15) is 43.0 Å². The van der Waals surface area contributed by atoms with Gasteiger partial charge in [0, 0.05) is 11.6 Å². The number of nitrogens with one attached hydrogen (secondary N) is 1. The lowest BCUT2D eigenvalue weighted by molar-refractivity contribution is 0.686. The van der Waals surface area contributed by atoms with E-state index in [-0.39, 0.29) is 5.69 Å².